The van der Waals surface area contributed by atoms with E-state index in [1.54, 1.807) is 0 Å². The monoisotopic (exact) mass is 169 g/mol. The van der Waals surface area contributed by atoms with Crippen LogP contribution in [0.2, 0.25) is 0 Å². The lowest BCUT2D eigenvalue weighted by molar-refractivity contribution is -0.115. The second-order valence-electron chi connectivity index (χ2n) is 1.33. The number of halogens is 2. The van der Waals surface area contributed by atoms with Crippen molar-refractivity contribution in [3.05, 3.63) is 0 Å². The predicted molar refractivity (Wildman–Crippen MR) is 35.4 cm³/mol. The van der Waals surface area contributed by atoms with E-state index in [0.717, 1.165) is 0 Å². The Balaban J connectivity index is 3.60. The summed E-state index contributed by atoms with van der Waals surface area (Å²) in [5.74, 6) is -0.370. The Morgan fingerprint density at radius 3 is 2.56 bits per heavy atom. The van der Waals surface area contributed by atoms with Crippen LogP contribution in [0.25, 0.3) is 0 Å². The highest BCUT2D eigenvalue weighted by Crippen LogP contribution is 1.94. The quantitative estimate of drug-likeness (QED) is 0.299. The van der Waals surface area contributed by atoms with Crippen LogP contribution in [0.4, 0.5) is 0 Å². The van der Waals surface area contributed by atoms with E-state index in [9.17, 15) is 4.79 Å². The van der Waals surface area contributed by atoms with Gasteiger partial charge in [0.2, 0.25) is 0 Å². The molecule has 0 saturated carbocycles. The molecule has 0 unspecified atom stereocenters. The average molecular weight is 170 g/mol. The highest BCUT2D eigenvalue weighted by Gasteiger charge is 2.02. The molecule has 0 radical (unpaired) electrons. The number of oxime groups is 1. The maximum atomic E-state index is 10.4. The molecule has 5 heteroatoms. The van der Waals surface area contributed by atoms with Gasteiger partial charge in [-0.25, -0.2) is 0 Å². The van der Waals surface area contributed by atoms with Gasteiger partial charge in [-0.2, -0.15) is 0 Å². The first-order chi connectivity index (χ1) is 4.20. The van der Waals surface area contributed by atoms with E-state index in [-0.39, 0.29) is 23.3 Å². The van der Waals surface area contributed by atoms with Gasteiger partial charge in [0.1, 0.15) is 0 Å². The Labute approximate surface area is 62.2 Å². The molecule has 0 rings (SSSR count). The average Bonchev–Trinajstić information content (AvgIpc) is 1.87. The van der Waals surface area contributed by atoms with Gasteiger partial charge in [-0.1, -0.05) is 16.8 Å². The van der Waals surface area contributed by atoms with Gasteiger partial charge in [-0.15, -0.1) is 11.6 Å². The summed E-state index contributed by atoms with van der Waals surface area (Å²) in [4.78, 5) is 10.4. The van der Waals surface area contributed by atoms with Gasteiger partial charge >= 0.3 is 0 Å². The molecule has 0 aromatic rings. The van der Waals surface area contributed by atoms with E-state index in [4.69, 9.17) is 28.4 Å². The van der Waals surface area contributed by atoms with Crippen LogP contribution in [0.15, 0.2) is 5.16 Å². The van der Waals surface area contributed by atoms with E-state index < -0.39 is 0 Å². The van der Waals surface area contributed by atoms with Crippen LogP contribution in [0.3, 0.4) is 0 Å². The highest BCUT2D eigenvalue weighted by molar-refractivity contribution is 6.67. The zero-order valence-electron chi connectivity index (χ0n) is 4.47. The van der Waals surface area contributed by atoms with Crippen LogP contribution in [0, 0.1) is 0 Å². The molecular formula is C4H5Cl2NO2. The summed E-state index contributed by atoms with van der Waals surface area (Å²) < 4.78 is 0. The molecule has 52 valence electrons. The molecule has 0 aliphatic rings. The van der Waals surface area contributed by atoms with Gasteiger partial charge in [-0.05, 0) is 0 Å². The van der Waals surface area contributed by atoms with Crippen LogP contribution in [-0.2, 0) is 4.79 Å². The standard InChI is InChI=1S/C4H5Cl2NO2/c5-2-3(8)1-4(6)7-9/h9H,1-2H2. The molecule has 0 aromatic carbocycles. The Morgan fingerprint density at radius 2 is 2.22 bits per heavy atom. The summed E-state index contributed by atoms with van der Waals surface area (Å²) in [6, 6.07) is 0. The molecule has 3 nitrogen and oxygen atoms in total. The van der Waals surface area contributed by atoms with Gasteiger partial charge in [0.15, 0.2) is 11.0 Å². The van der Waals surface area contributed by atoms with Crippen LogP contribution >= 0.6 is 23.2 Å². The fourth-order valence-electron chi connectivity index (χ4n) is 0.245. The van der Waals surface area contributed by atoms with Crippen molar-refractivity contribution >= 4 is 34.2 Å². The van der Waals surface area contributed by atoms with Crippen molar-refractivity contribution in [2.24, 2.45) is 5.16 Å². The topological polar surface area (TPSA) is 49.7 Å². The maximum absolute atomic E-state index is 10.4. The summed E-state index contributed by atoms with van der Waals surface area (Å²) in [5.41, 5.74) is 0. The minimum absolute atomic E-state index is 0.0957. The lowest BCUT2D eigenvalue weighted by Crippen LogP contribution is -2.03. The Hall–Kier alpha value is -0.280. The van der Waals surface area contributed by atoms with E-state index in [1.807, 2.05) is 0 Å². The molecular weight excluding hydrogens is 165 g/mol. The Morgan fingerprint density at radius 1 is 1.67 bits per heavy atom. The van der Waals surface area contributed by atoms with Gasteiger partial charge in [0.05, 0.1) is 12.3 Å². The molecule has 0 bridgehead atoms. The zero-order chi connectivity index (χ0) is 7.28. The number of hydrogen-bond acceptors (Lipinski definition) is 3. The van der Waals surface area contributed by atoms with Crippen molar-refractivity contribution in [2.45, 2.75) is 6.42 Å². The molecule has 0 aliphatic carbocycles. The summed E-state index contributed by atoms with van der Waals surface area (Å²) in [7, 11) is 0. The Kier molecular flexibility index (Phi) is 4.44. The molecule has 0 saturated heterocycles. The second kappa shape index (κ2) is 4.58. The number of rotatable bonds is 3. The largest absolute Gasteiger partial charge is 0.410 e. The molecule has 0 fully saturated rings. The van der Waals surface area contributed by atoms with Crippen molar-refractivity contribution in [1.29, 1.82) is 0 Å². The predicted octanol–water partition coefficient (Wildman–Crippen LogP) is 1.21. The number of alkyl halides is 1. The van der Waals surface area contributed by atoms with Gasteiger partial charge < -0.3 is 5.21 Å². The lowest BCUT2D eigenvalue weighted by Gasteiger charge is -1.88. The second-order valence-corrected chi connectivity index (χ2v) is 2.03. The smallest absolute Gasteiger partial charge is 0.154 e. The normalized spacial score (nSPS) is 11.6. The first-order valence-corrected chi connectivity index (χ1v) is 3.06. The van der Waals surface area contributed by atoms with Crippen LogP contribution < -0.4 is 0 Å². The van der Waals surface area contributed by atoms with E-state index in [1.165, 1.54) is 0 Å². The molecule has 0 aliphatic heterocycles. The zero-order valence-corrected chi connectivity index (χ0v) is 5.98. The van der Waals surface area contributed by atoms with Gasteiger partial charge in [0.25, 0.3) is 0 Å². The third kappa shape index (κ3) is 4.24. The number of carbonyl (C=O) groups is 1. The van der Waals surface area contributed by atoms with Crippen molar-refractivity contribution in [3.8, 4) is 0 Å². The molecule has 0 amide bonds. The number of nitrogens with zero attached hydrogens (tertiary/aromatic N) is 1. The van der Waals surface area contributed by atoms with Crippen LogP contribution in [0.1, 0.15) is 6.42 Å². The van der Waals surface area contributed by atoms with Crippen molar-refractivity contribution in [1.82, 2.24) is 0 Å². The fraction of sp³-hybridized carbons (Fsp3) is 0.500. The first-order valence-electron chi connectivity index (χ1n) is 2.14. The summed E-state index contributed by atoms with van der Waals surface area (Å²) in [5, 5.41) is 10.4. The minimum Gasteiger partial charge on any atom is -0.410 e. The molecule has 1 N–H and O–H groups in total. The van der Waals surface area contributed by atoms with Gasteiger partial charge in [-0.3, -0.25) is 4.79 Å². The molecule has 0 spiro atoms. The lowest BCUT2D eigenvalue weighted by atomic mass is 10.3. The highest BCUT2D eigenvalue weighted by atomic mass is 35.5. The van der Waals surface area contributed by atoms with E-state index in [2.05, 4.69) is 5.16 Å². The van der Waals surface area contributed by atoms with Gasteiger partial charge in [0, 0.05) is 0 Å². The number of hydrogen-bond donors (Lipinski definition) is 1. The molecule has 0 aromatic heterocycles. The molecule has 9 heavy (non-hydrogen) atoms. The number of Topliss-reactive ketones (excluding diaryl/α,β-unsaturated/α-hetero) is 1. The first kappa shape index (κ1) is 8.72. The maximum Gasteiger partial charge on any atom is 0.154 e. The number of carbonyl (C=O) groups excluding carboxylic acids is 1. The third-order valence-corrected chi connectivity index (χ3v) is 1.11. The minimum atomic E-state index is -0.264. The summed E-state index contributed by atoms with van der Waals surface area (Å²) >= 11 is 10.3. The SMILES string of the molecule is O=C(CCl)CC(Cl)=NO. The fourth-order valence-corrected chi connectivity index (χ4v) is 0.489. The van der Waals surface area contributed by atoms with Crippen LogP contribution in [-0.4, -0.2) is 22.0 Å². The Bertz CT molecular complexity index is 135. The number of ketones is 1. The summed E-state index contributed by atoms with van der Waals surface area (Å²) in [6.07, 6.45) is -0.0957. The molecule has 0 heterocycles. The van der Waals surface area contributed by atoms with Crippen molar-refractivity contribution < 1.29 is 10.0 Å². The molecule has 0 atom stereocenters. The van der Waals surface area contributed by atoms with Crippen LogP contribution in [0.5, 0.6) is 0 Å². The van der Waals surface area contributed by atoms with Crippen molar-refractivity contribution in [3.63, 3.8) is 0 Å². The van der Waals surface area contributed by atoms with E-state index in [0.29, 0.717) is 0 Å². The summed E-state index contributed by atoms with van der Waals surface area (Å²) in [6.45, 7) is 0. The van der Waals surface area contributed by atoms with Crippen molar-refractivity contribution in [2.75, 3.05) is 5.88 Å². The third-order valence-electron chi connectivity index (χ3n) is 0.601. The van der Waals surface area contributed by atoms with E-state index >= 15 is 0 Å².